The quantitative estimate of drug-likeness (QED) is 0.208. The van der Waals surface area contributed by atoms with Crippen molar-refractivity contribution < 1.29 is 9.94 Å². The molecule has 0 heterocycles. The molecule has 0 unspecified atom stereocenters. The number of hydrogen-bond acceptors (Lipinski definition) is 3. The van der Waals surface area contributed by atoms with Crippen LogP contribution in [0.15, 0.2) is 17.3 Å². The van der Waals surface area contributed by atoms with Crippen LogP contribution in [0.5, 0.6) is 0 Å². The summed E-state index contributed by atoms with van der Waals surface area (Å²) in [5.74, 6) is 0. The number of nitrogens with zero attached hydrogens (tertiary/aromatic N) is 1. The molecule has 0 fully saturated rings. The molecule has 0 aromatic heterocycles. The highest BCUT2D eigenvalue weighted by Gasteiger charge is 1.80. The van der Waals surface area contributed by atoms with Gasteiger partial charge >= 0.3 is 0 Å². The summed E-state index contributed by atoms with van der Waals surface area (Å²) < 4.78 is 5.02. The van der Waals surface area contributed by atoms with Gasteiger partial charge in [0, 0.05) is 0 Å². The van der Waals surface area contributed by atoms with Crippen molar-refractivity contribution in [2.75, 3.05) is 13.2 Å². The van der Waals surface area contributed by atoms with Crippen LogP contribution < -0.4 is 0 Å². The first kappa shape index (κ1) is 9.17. The van der Waals surface area contributed by atoms with Gasteiger partial charge in [-0.2, -0.15) is 0 Å². The van der Waals surface area contributed by atoms with Crippen LogP contribution >= 0.6 is 0 Å². The SMILES string of the molecule is C/C=C/CCOCC=NO. The molecule has 0 saturated carbocycles. The topological polar surface area (TPSA) is 41.8 Å². The van der Waals surface area contributed by atoms with Gasteiger partial charge in [-0.1, -0.05) is 17.3 Å². The molecular weight excluding hydrogens is 130 g/mol. The molecule has 0 radical (unpaired) electrons. The first-order valence-electron chi connectivity index (χ1n) is 3.26. The molecule has 0 aliphatic heterocycles. The smallest absolute Gasteiger partial charge is 0.0852 e. The van der Waals surface area contributed by atoms with Crippen molar-refractivity contribution in [1.29, 1.82) is 0 Å². The van der Waals surface area contributed by atoms with E-state index in [-0.39, 0.29) is 0 Å². The molecule has 3 heteroatoms. The molecule has 0 aromatic carbocycles. The molecule has 0 amide bonds. The van der Waals surface area contributed by atoms with E-state index in [4.69, 9.17) is 9.94 Å². The fourth-order valence-corrected chi connectivity index (χ4v) is 0.487. The molecule has 10 heavy (non-hydrogen) atoms. The summed E-state index contributed by atoms with van der Waals surface area (Å²) in [4.78, 5) is 0. The normalized spacial score (nSPS) is 11.7. The summed E-state index contributed by atoms with van der Waals surface area (Å²) in [7, 11) is 0. The number of hydrogen-bond donors (Lipinski definition) is 1. The first-order valence-corrected chi connectivity index (χ1v) is 3.26. The Labute approximate surface area is 61.0 Å². The molecule has 0 bridgehead atoms. The van der Waals surface area contributed by atoms with Crippen molar-refractivity contribution in [2.45, 2.75) is 13.3 Å². The number of rotatable bonds is 5. The van der Waals surface area contributed by atoms with Gasteiger partial charge in [0.15, 0.2) is 0 Å². The zero-order chi connectivity index (χ0) is 7.66. The summed E-state index contributed by atoms with van der Waals surface area (Å²) in [6.07, 6.45) is 6.23. The highest BCUT2D eigenvalue weighted by Crippen LogP contribution is 1.83. The van der Waals surface area contributed by atoms with E-state index in [1.165, 1.54) is 6.21 Å². The molecule has 0 rings (SSSR count). The van der Waals surface area contributed by atoms with Crippen LogP contribution in [0.1, 0.15) is 13.3 Å². The number of ether oxygens (including phenoxy) is 1. The van der Waals surface area contributed by atoms with Gasteiger partial charge in [-0.25, -0.2) is 0 Å². The Morgan fingerprint density at radius 3 is 3.00 bits per heavy atom. The Kier molecular flexibility index (Phi) is 7.49. The lowest BCUT2D eigenvalue weighted by Gasteiger charge is -1.94. The van der Waals surface area contributed by atoms with Gasteiger partial charge in [0.2, 0.25) is 0 Å². The van der Waals surface area contributed by atoms with Crippen LogP contribution in [-0.2, 0) is 4.74 Å². The Morgan fingerprint density at radius 2 is 2.40 bits per heavy atom. The fraction of sp³-hybridized carbons (Fsp3) is 0.571. The fourth-order valence-electron chi connectivity index (χ4n) is 0.487. The van der Waals surface area contributed by atoms with Crippen LogP contribution in [-0.4, -0.2) is 24.6 Å². The highest BCUT2D eigenvalue weighted by atomic mass is 16.5. The average molecular weight is 143 g/mol. The molecule has 0 aromatic rings. The number of allylic oxidation sites excluding steroid dienone is 1. The van der Waals surface area contributed by atoms with Gasteiger partial charge < -0.3 is 9.94 Å². The molecule has 58 valence electrons. The lowest BCUT2D eigenvalue weighted by Crippen LogP contribution is -1.96. The predicted molar refractivity (Wildman–Crippen MR) is 40.5 cm³/mol. The van der Waals surface area contributed by atoms with Crippen molar-refractivity contribution in [2.24, 2.45) is 5.16 Å². The molecule has 0 aliphatic carbocycles. The molecule has 3 nitrogen and oxygen atoms in total. The van der Waals surface area contributed by atoms with E-state index in [1.54, 1.807) is 0 Å². The largest absolute Gasteiger partial charge is 0.411 e. The van der Waals surface area contributed by atoms with Gasteiger partial charge in [0.05, 0.1) is 19.4 Å². The Hall–Kier alpha value is -0.830. The molecule has 0 aliphatic rings. The van der Waals surface area contributed by atoms with Gasteiger partial charge in [-0.05, 0) is 13.3 Å². The van der Waals surface area contributed by atoms with E-state index < -0.39 is 0 Å². The maximum atomic E-state index is 7.94. The van der Waals surface area contributed by atoms with Crippen molar-refractivity contribution in [3.63, 3.8) is 0 Å². The van der Waals surface area contributed by atoms with E-state index in [1.807, 2.05) is 19.1 Å². The summed E-state index contributed by atoms with van der Waals surface area (Å²) in [5, 5.41) is 10.7. The van der Waals surface area contributed by atoms with Gasteiger partial charge in [0.1, 0.15) is 0 Å². The zero-order valence-corrected chi connectivity index (χ0v) is 6.16. The minimum Gasteiger partial charge on any atom is -0.411 e. The predicted octanol–water partition coefficient (Wildman–Crippen LogP) is 1.43. The van der Waals surface area contributed by atoms with E-state index in [0.717, 1.165) is 6.42 Å². The molecule has 1 N–H and O–H groups in total. The van der Waals surface area contributed by atoms with Crippen molar-refractivity contribution >= 4 is 6.21 Å². The van der Waals surface area contributed by atoms with E-state index in [2.05, 4.69) is 5.16 Å². The summed E-state index contributed by atoms with van der Waals surface area (Å²) in [6.45, 7) is 3.03. The van der Waals surface area contributed by atoms with E-state index >= 15 is 0 Å². The van der Waals surface area contributed by atoms with Crippen LogP contribution in [0, 0.1) is 0 Å². The molecule has 0 spiro atoms. The highest BCUT2D eigenvalue weighted by molar-refractivity contribution is 5.57. The Morgan fingerprint density at radius 1 is 1.60 bits per heavy atom. The Balaban J connectivity index is 2.90. The van der Waals surface area contributed by atoms with Crippen LogP contribution in [0.4, 0.5) is 0 Å². The first-order chi connectivity index (χ1) is 4.91. The summed E-state index contributed by atoms with van der Waals surface area (Å²) in [5.41, 5.74) is 0. The maximum Gasteiger partial charge on any atom is 0.0852 e. The minimum absolute atomic E-state index is 0.383. The second kappa shape index (κ2) is 8.17. The van der Waals surface area contributed by atoms with Gasteiger partial charge in [-0.3, -0.25) is 0 Å². The zero-order valence-electron chi connectivity index (χ0n) is 6.16. The lowest BCUT2D eigenvalue weighted by atomic mass is 10.4. The number of oxime groups is 1. The van der Waals surface area contributed by atoms with Crippen molar-refractivity contribution in [1.82, 2.24) is 0 Å². The Bertz CT molecular complexity index is 96.2. The standard InChI is InChI=1S/C7H13NO2/c1-2-3-4-6-10-7-5-8-9/h2-3,5,9H,4,6-7H2,1H3/b3-2+,8-5?. The van der Waals surface area contributed by atoms with Crippen molar-refractivity contribution in [3.05, 3.63) is 12.2 Å². The third-order valence-electron chi connectivity index (χ3n) is 0.939. The minimum atomic E-state index is 0.383. The second-order valence-electron chi connectivity index (χ2n) is 1.73. The molecular formula is C7H13NO2. The second-order valence-corrected chi connectivity index (χ2v) is 1.73. The third kappa shape index (κ3) is 7.17. The summed E-state index contributed by atoms with van der Waals surface area (Å²) in [6, 6.07) is 0. The van der Waals surface area contributed by atoms with E-state index in [9.17, 15) is 0 Å². The lowest BCUT2D eigenvalue weighted by molar-refractivity contribution is 0.176. The monoisotopic (exact) mass is 143 g/mol. The summed E-state index contributed by atoms with van der Waals surface area (Å²) >= 11 is 0. The van der Waals surface area contributed by atoms with Gasteiger partial charge in [-0.15, -0.1) is 0 Å². The molecule has 0 atom stereocenters. The van der Waals surface area contributed by atoms with Crippen LogP contribution in [0.25, 0.3) is 0 Å². The van der Waals surface area contributed by atoms with Crippen LogP contribution in [0.3, 0.4) is 0 Å². The molecule has 0 saturated heterocycles. The van der Waals surface area contributed by atoms with Gasteiger partial charge in [0.25, 0.3) is 0 Å². The van der Waals surface area contributed by atoms with Crippen LogP contribution in [0.2, 0.25) is 0 Å². The average Bonchev–Trinajstić information content (AvgIpc) is 1.97. The van der Waals surface area contributed by atoms with E-state index in [0.29, 0.717) is 13.2 Å². The maximum absolute atomic E-state index is 7.94. The third-order valence-corrected chi connectivity index (χ3v) is 0.939. The van der Waals surface area contributed by atoms with Crippen molar-refractivity contribution in [3.8, 4) is 0 Å².